The average molecular weight is 390 g/mol. The number of para-hydroxylation sites is 1. The summed E-state index contributed by atoms with van der Waals surface area (Å²) in [6.07, 6.45) is 1.91. The lowest BCUT2D eigenvalue weighted by Crippen LogP contribution is -2.37. The number of furan rings is 1. The van der Waals surface area contributed by atoms with Crippen molar-refractivity contribution in [1.82, 2.24) is 4.90 Å². The molecule has 0 atom stereocenters. The molecule has 144 valence electrons. The molecule has 0 bridgehead atoms. The van der Waals surface area contributed by atoms with Crippen LogP contribution in [0.25, 0.3) is 0 Å². The molecule has 27 heavy (non-hydrogen) atoms. The molecule has 0 aliphatic carbocycles. The van der Waals surface area contributed by atoms with Crippen LogP contribution in [0, 0.1) is 13.8 Å². The second kappa shape index (κ2) is 9.27. The highest BCUT2D eigenvalue weighted by Gasteiger charge is 2.19. The van der Waals surface area contributed by atoms with Gasteiger partial charge in [0.05, 0.1) is 12.2 Å². The molecule has 0 unspecified atom stereocenters. The van der Waals surface area contributed by atoms with E-state index in [1.165, 1.54) is 23.7 Å². The topological polar surface area (TPSA) is 88.9 Å². The maximum absolute atomic E-state index is 12.2. The molecule has 2 aromatic rings. The van der Waals surface area contributed by atoms with Crippen LogP contribution in [0.3, 0.4) is 0 Å². The number of likely N-dealkylation sites (N-methyl/N-ethyl adjacent to an activating group) is 1. The van der Waals surface area contributed by atoms with Crippen LogP contribution in [-0.4, -0.2) is 49.1 Å². The van der Waals surface area contributed by atoms with Crippen molar-refractivity contribution in [1.29, 1.82) is 0 Å². The smallest absolute Gasteiger partial charge is 0.342 e. The van der Waals surface area contributed by atoms with E-state index in [0.717, 1.165) is 4.90 Å². The molecule has 0 spiro atoms. The molecule has 0 saturated carbocycles. The number of benzene rings is 1. The van der Waals surface area contributed by atoms with Gasteiger partial charge in [-0.25, -0.2) is 4.79 Å². The van der Waals surface area contributed by atoms with E-state index < -0.39 is 18.5 Å². The van der Waals surface area contributed by atoms with E-state index >= 15 is 0 Å². The molecule has 0 aliphatic rings. The SMILES string of the molecule is CSc1ccccc1NC(=O)CN(C)C(=O)COC(=O)c1cc(C)oc1C. The molecule has 1 heterocycles. The molecule has 7 nitrogen and oxygen atoms in total. The Kier molecular flexibility index (Phi) is 7.06. The number of esters is 1. The summed E-state index contributed by atoms with van der Waals surface area (Å²) in [6.45, 7) is 2.77. The van der Waals surface area contributed by atoms with Crippen LogP contribution >= 0.6 is 11.8 Å². The summed E-state index contributed by atoms with van der Waals surface area (Å²) in [5.74, 6) is -0.422. The Labute approximate surface area is 162 Å². The number of thioether (sulfide) groups is 1. The molecule has 2 amide bonds. The molecule has 0 fully saturated rings. The van der Waals surface area contributed by atoms with Crippen molar-refractivity contribution in [3.05, 3.63) is 47.4 Å². The average Bonchev–Trinajstić information content (AvgIpc) is 2.97. The molecular weight excluding hydrogens is 368 g/mol. The van der Waals surface area contributed by atoms with Gasteiger partial charge in [-0.2, -0.15) is 0 Å². The summed E-state index contributed by atoms with van der Waals surface area (Å²) in [5.41, 5.74) is 0.974. The number of rotatable bonds is 7. The van der Waals surface area contributed by atoms with Crippen LogP contribution < -0.4 is 5.32 Å². The van der Waals surface area contributed by atoms with Crippen molar-refractivity contribution in [2.45, 2.75) is 18.7 Å². The maximum atomic E-state index is 12.2. The van der Waals surface area contributed by atoms with Crippen LogP contribution in [0.4, 0.5) is 5.69 Å². The Bertz CT molecular complexity index is 846. The minimum atomic E-state index is -0.635. The first-order chi connectivity index (χ1) is 12.8. The zero-order valence-electron chi connectivity index (χ0n) is 15.7. The first kappa shape index (κ1) is 20.6. The van der Waals surface area contributed by atoms with Crippen molar-refractivity contribution < 1.29 is 23.5 Å². The van der Waals surface area contributed by atoms with Crippen LogP contribution in [0.1, 0.15) is 21.9 Å². The lowest BCUT2D eigenvalue weighted by molar-refractivity contribution is -0.136. The molecule has 1 aromatic carbocycles. The molecular formula is C19H22N2O5S. The molecule has 8 heteroatoms. The zero-order chi connectivity index (χ0) is 20.0. The van der Waals surface area contributed by atoms with Crippen molar-refractivity contribution >= 4 is 35.2 Å². The van der Waals surface area contributed by atoms with Gasteiger partial charge in [-0.3, -0.25) is 9.59 Å². The zero-order valence-corrected chi connectivity index (χ0v) is 16.5. The Morgan fingerprint density at radius 2 is 1.93 bits per heavy atom. The van der Waals surface area contributed by atoms with Gasteiger partial charge in [0.25, 0.3) is 5.91 Å². The quantitative estimate of drug-likeness (QED) is 0.578. The van der Waals surface area contributed by atoms with E-state index in [4.69, 9.17) is 9.15 Å². The molecule has 0 aliphatic heterocycles. The molecule has 2 rings (SSSR count). The summed E-state index contributed by atoms with van der Waals surface area (Å²) in [7, 11) is 1.48. The number of amides is 2. The predicted molar refractivity (Wildman–Crippen MR) is 103 cm³/mol. The van der Waals surface area contributed by atoms with Crippen molar-refractivity contribution in [3.8, 4) is 0 Å². The van der Waals surface area contributed by atoms with Gasteiger partial charge in [0.1, 0.15) is 17.1 Å². The van der Waals surface area contributed by atoms with E-state index in [2.05, 4.69) is 5.32 Å². The van der Waals surface area contributed by atoms with Crippen molar-refractivity contribution in [2.24, 2.45) is 0 Å². The summed E-state index contributed by atoms with van der Waals surface area (Å²) < 4.78 is 10.3. The molecule has 1 N–H and O–H groups in total. The van der Waals surface area contributed by atoms with E-state index in [0.29, 0.717) is 17.2 Å². The third-order valence-corrected chi connectivity index (χ3v) is 4.57. The van der Waals surface area contributed by atoms with Crippen LogP contribution in [-0.2, 0) is 14.3 Å². The predicted octanol–water partition coefficient (Wildman–Crippen LogP) is 2.87. The fourth-order valence-electron chi connectivity index (χ4n) is 2.39. The second-order valence-electron chi connectivity index (χ2n) is 5.90. The summed E-state index contributed by atoms with van der Waals surface area (Å²) >= 11 is 1.51. The van der Waals surface area contributed by atoms with Crippen LogP contribution in [0.2, 0.25) is 0 Å². The van der Waals surface area contributed by atoms with Gasteiger partial charge in [0.2, 0.25) is 5.91 Å². The molecule has 0 saturated heterocycles. The highest BCUT2D eigenvalue weighted by atomic mass is 32.2. The fraction of sp³-hybridized carbons (Fsp3) is 0.316. The lowest BCUT2D eigenvalue weighted by Gasteiger charge is -2.17. The van der Waals surface area contributed by atoms with Crippen molar-refractivity contribution in [2.75, 3.05) is 31.8 Å². The Morgan fingerprint density at radius 3 is 2.56 bits per heavy atom. The minimum absolute atomic E-state index is 0.150. The standard InChI is InChI=1S/C19H22N2O5S/c1-12-9-14(13(2)26-12)19(24)25-11-18(23)21(3)10-17(22)20-15-7-5-6-8-16(15)27-4/h5-9H,10-11H2,1-4H3,(H,20,22). The maximum Gasteiger partial charge on any atom is 0.342 e. The normalized spacial score (nSPS) is 10.4. The monoisotopic (exact) mass is 390 g/mol. The largest absolute Gasteiger partial charge is 0.466 e. The lowest BCUT2D eigenvalue weighted by atomic mass is 10.2. The number of anilines is 1. The number of hydrogen-bond acceptors (Lipinski definition) is 6. The number of nitrogens with zero attached hydrogens (tertiary/aromatic N) is 1. The number of ether oxygens (including phenoxy) is 1. The Hall–Kier alpha value is -2.74. The number of aryl methyl sites for hydroxylation is 2. The molecule has 1 aromatic heterocycles. The van der Waals surface area contributed by atoms with Gasteiger partial charge in [-0.1, -0.05) is 12.1 Å². The van der Waals surface area contributed by atoms with E-state index in [1.54, 1.807) is 26.0 Å². The van der Waals surface area contributed by atoms with Gasteiger partial charge >= 0.3 is 5.97 Å². The van der Waals surface area contributed by atoms with Crippen LogP contribution in [0.5, 0.6) is 0 Å². The number of carbonyl (C=O) groups is 3. The Balaban J connectivity index is 1.85. The van der Waals surface area contributed by atoms with E-state index in [9.17, 15) is 14.4 Å². The second-order valence-corrected chi connectivity index (χ2v) is 6.75. The van der Waals surface area contributed by atoms with Gasteiger partial charge in [0, 0.05) is 11.9 Å². The minimum Gasteiger partial charge on any atom is -0.466 e. The number of hydrogen-bond donors (Lipinski definition) is 1. The van der Waals surface area contributed by atoms with Gasteiger partial charge < -0.3 is 19.4 Å². The van der Waals surface area contributed by atoms with Crippen LogP contribution in [0.15, 0.2) is 39.6 Å². The number of nitrogens with one attached hydrogen (secondary N) is 1. The highest BCUT2D eigenvalue weighted by Crippen LogP contribution is 2.24. The highest BCUT2D eigenvalue weighted by molar-refractivity contribution is 7.98. The third-order valence-electron chi connectivity index (χ3n) is 3.78. The van der Waals surface area contributed by atoms with Gasteiger partial charge in [-0.05, 0) is 38.3 Å². The first-order valence-corrected chi connectivity index (χ1v) is 9.45. The van der Waals surface area contributed by atoms with E-state index in [1.807, 2.05) is 24.5 Å². The summed E-state index contributed by atoms with van der Waals surface area (Å²) in [6, 6.07) is 8.96. The number of carbonyl (C=O) groups excluding carboxylic acids is 3. The van der Waals surface area contributed by atoms with Crippen molar-refractivity contribution in [3.63, 3.8) is 0 Å². The third kappa shape index (κ3) is 5.62. The summed E-state index contributed by atoms with van der Waals surface area (Å²) in [4.78, 5) is 38.4. The van der Waals surface area contributed by atoms with E-state index in [-0.39, 0.29) is 18.0 Å². The molecule has 0 radical (unpaired) electrons. The first-order valence-electron chi connectivity index (χ1n) is 8.22. The fourth-order valence-corrected chi connectivity index (χ4v) is 2.94. The Morgan fingerprint density at radius 1 is 1.22 bits per heavy atom. The van der Waals surface area contributed by atoms with Gasteiger partial charge in [0.15, 0.2) is 6.61 Å². The van der Waals surface area contributed by atoms with Gasteiger partial charge in [-0.15, -0.1) is 11.8 Å². The summed E-state index contributed by atoms with van der Waals surface area (Å²) in [5, 5.41) is 2.77.